The third-order valence-electron chi connectivity index (χ3n) is 2.04. The summed E-state index contributed by atoms with van der Waals surface area (Å²) in [6.45, 7) is 7.42. The minimum atomic E-state index is 0. The molecule has 0 heterocycles. The van der Waals surface area contributed by atoms with Crippen molar-refractivity contribution in [2.45, 2.75) is 12.8 Å². The highest BCUT2D eigenvalue weighted by Gasteiger charge is 2.04. The maximum atomic E-state index is 6.01. The van der Waals surface area contributed by atoms with Crippen LogP contribution in [0.5, 0.6) is 0 Å². The van der Waals surface area contributed by atoms with Gasteiger partial charge < -0.3 is 5.73 Å². The number of nitrogens with two attached hydrogens (primary N) is 1. The maximum absolute atomic E-state index is 6.01. The Morgan fingerprint density at radius 3 is 1.87 bits per heavy atom. The molecule has 1 nitrogen and oxygen atoms in total. The fourth-order valence-corrected chi connectivity index (χ4v) is 1.94. The van der Waals surface area contributed by atoms with Gasteiger partial charge in [0, 0.05) is 10.2 Å². The first-order valence-electron chi connectivity index (χ1n) is 4.47. The lowest BCUT2D eigenvalue weighted by Crippen LogP contribution is -1.99. The minimum Gasteiger partial charge on any atom is -0.398 e. The molecule has 0 bridgehead atoms. The standard InChI is InChI=1S/C12H14BrN.BrH/c1-3-5-9-7-11(13)8-10(6-4-2)12(9)14;/h3-4,7-8H,1-2,5-6,14H2;1H. The molecule has 0 saturated carbocycles. The van der Waals surface area contributed by atoms with E-state index in [0.29, 0.717) is 0 Å². The van der Waals surface area contributed by atoms with Gasteiger partial charge in [0.1, 0.15) is 0 Å². The van der Waals surface area contributed by atoms with E-state index in [2.05, 4.69) is 29.1 Å². The zero-order chi connectivity index (χ0) is 10.6. The van der Waals surface area contributed by atoms with Crippen molar-refractivity contribution >= 4 is 38.6 Å². The van der Waals surface area contributed by atoms with Gasteiger partial charge in [-0.1, -0.05) is 28.1 Å². The smallest absolute Gasteiger partial charge is 0.0386 e. The second kappa shape index (κ2) is 6.85. The Balaban J connectivity index is 0.00000196. The monoisotopic (exact) mass is 331 g/mol. The van der Waals surface area contributed by atoms with Crippen molar-refractivity contribution in [2.24, 2.45) is 0 Å². The van der Waals surface area contributed by atoms with Crippen LogP contribution in [0, 0.1) is 0 Å². The van der Waals surface area contributed by atoms with E-state index in [1.807, 2.05) is 24.3 Å². The summed E-state index contributed by atoms with van der Waals surface area (Å²) in [6.07, 6.45) is 5.32. The van der Waals surface area contributed by atoms with Gasteiger partial charge in [0.2, 0.25) is 0 Å². The molecule has 0 fully saturated rings. The average molecular weight is 333 g/mol. The van der Waals surface area contributed by atoms with Crippen molar-refractivity contribution < 1.29 is 0 Å². The topological polar surface area (TPSA) is 26.0 Å². The molecule has 1 aromatic rings. The number of hydrogen-bond donors (Lipinski definition) is 1. The quantitative estimate of drug-likeness (QED) is 0.653. The van der Waals surface area contributed by atoms with Crippen molar-refractivity contribution in [1.82, 2.24) is 0 Å². The zero-order valence-corrected chi connectivity index (χ0v) is 11.8. The van der Waals surface area contributed by atoms with Gasteiger partial charge in [-0.2, -0.15) is 0 Å². The lowest BCUT2D eigenvalue weighted by molar-refractivity contribution is 1.21. The lowest BCUT2D eigenvalue weighted by atomic mass is 10.0. The maximum Gasteiger partial charge on any atom is 0.0386 e. The van der Waals surface area contributed by atoms with Crippen LogP contribution < -0.4 is 5.73 Å². The van der Waals surface area contributed by atoms with Crippen LogP contribution in [0.25, 0.3) is 0 Å². The van der Waals surface area contributed by atoms with Gasteiger partial charge in [0.05, 0.1) is 0 Å². The second-order valence-electron chi connectivity index (χ2n) is 3.12. The second-order valence-corrected chi connectivity index (χ2v) is 4.04. The van der Waals surface area contributed by atoms with Crippen LogP contribution in [0.3, 0.4) is 0 Å². The summed E-state index contributed by atoms with van der Waals surface area (Å²) < 4.78 is 1.06. The molecule has 0 aliphatic heterocycles. The number of allylic oxidation sites excluding steroid dienone is 2. The Morgan fingerprint density at radius 1 is 1.13 bits per heavy atom. The van der Waals surface area contributed by atoms with E-state index in [9.17, 15) is 0 Å². The van der Waals surface area contributed by atoms with E-state index >= 15 is 0 Å². The Kier molecular flexibility index (Phi) is 6.61. The van der Waals surface area contributed by atoms with Gasteiger partial charge in [-0.3, -0.25) is 0 Å². The Hall–Kier alpha value is -0.540. The molecule has 2 N–H and O–H groups in total. The molecular weight excluding hydrogens is 318 g/mol. The molecule has 0 aliphatic carbocycles. The van der Waals surface area contributed by atoms with E-state index in [0.717, 1.165) is 34.1 Å². The molecule has 15 heavy (non-hydrogen) atoms. The van der Waals surface area contributed by atoms with E-state index < -0.39 is 0 Å². The lowest BCUT2D eigenvalue weighted by Gasteiger charge is -2.09. The summed E-state index contributed by atoms with van der Waals surface area (Å²) in [7, 11) is 0. The summed E-state index contributed by atoms with van der Waals surface area (Å²) in [5, 5.41) is 0. The SMILES string of the molecule is Br.C=CCc1cc(Br)cc(CC=C)c1N. The molecule has 0 spiro atoms. The average Bonchev–Trinajstić information content (AvgIpc) is 2.14. The first kappa shape index (κ1) is 14.5. The minimum absolute atomic E-state index is 0. The number of hydrogen-bond acceptors (Lipinski definition) is 1. The van der Waals surface area contributed by atoms with Crippen LogP contribution in [0.1, 0.15) is 11.1 Å². The first-order valence-corrected chi connectivity index (χ1v) is 5.27. The molecule has 0 radical (unpaired) electrons. The molecule has 0 aliphatic rings. The highest BCUT2D eigenvalue weighted by Crippen LogP contribution is 2.25. The number of rotatable bonds is 4. The third kappa shape index (κ3) is 3.84. The van der Waals surface area contributed by atoms with Gasteiger partial charge in [-0.15, -0.1) is 30.1 Å². The molecular formula is C12H15Br2N. The van der Waals surface area contributed by atoms with Crippen molar-refractivity contribution in [3.05, 3.63) is 53.0 Å². The Bertz CT molecular complexity index is 328. The molecule has 0 saturated heterocycles. The van der Waals surface area contributed by atoms with Gasteiger partial charge in [-0.25, -0.2) is 0 Å². The van der Waals surface area contributed by atoms with E-state index in [1.54, 1.807) is 0 Å². The van der Waals surface area contributed by atoms with Gasteiger partial charge in [-0.05, 0) is 36.1 Å². The fourth-order valence-electron chi connectivity index (χ4n) is 1.39. The van der Waals surface area contributed by atoms with E-state index in [-0.39, 0.29) is 17.0 Å². The van der Waals surface area contributed by atoms with Crippen LogP contribution in [0.2, 0.25) is 0 Å². The van der Waals surface area contributed by atoms with E-state index in [1.165, 1.54) is 0 Å². The highest BCUT2D eigenvalue weighted by atomic mass is 79.9. The van der Waals surface area contributed by atoms with Crippen LogP contribution >= 0.6 is 32.9 Å². The van der Waals surface area contributed by atoms with Crippen molar-refractivity contribution in [3.8, 4) is 0 Å². The summed E-state index contributed by atoms with van der Waals surface area (Å²) in [4.78, 5) is 0. The van der Waals surface area contributed by atoms with E-state index in [4.69, 9.17) is 5.73 Å². The van der Waals surface area contributed by atoms with Gasteiger partial charge in [0.15, 0.2) is 0 Å². The van der Waals surface area contributed by atoms with Gasteiger partial charge in [0.25, 0.3) is 0 Å². The van der Waals surface area contributed by atoms with Crippen LogP contribution in [0.15, 0.2) is 41.9 Å². The molecule has 0 amide bonds. The molecule has 0 atom stereocenters. The summed E-state index contributed by atoms with van der Waals surface area (Å²) in [5.41, 5.74) is 9.10. The molecule has 0 aromatic heterocycles. The molecule has 82 valence electrons. The fraction of sp³-hybridized carbons (Fsp3) is 0.167. The predicted molar refractivity (Wildman–Crippen MR) is 76.7 cm³/mol. The zero-order valence-electron chi connectivity index (χ0n) is 8.50. The van der Waals surface area contributed by atoms with Crippen molar-refractivity contribution in [2.75, 3.05) is 5.73 Å². The van der Waals surface area contributed by atoms with Crippen LogP contribution in [-0.4, -0.2) is 0 Å². The first-order chi connectivity index (χ1) is 6.69. The van der Waals surface area contributed by atoms with Crippen molar-refractivity contribution in [1.29, 1.82) is 0 Å². The Morgan fingerprint density at radius 2 is 1.53 bits per heavy atom. The Labute approximate surface area is 110 Å². The number of anilines is 1. The molecule has 0 unspecified atom stereocenters. The van der Waals surface area contributed by atoms with Gasteiger partial charge >= 0.3 is 0 Å². The number of benzene rings is 1. The molecule has 3 heteroatoms. The number of halogens is 2. The highest BCUT2D eigenvalue weighted by molar-refractivity contribution is 9.10. The third-order valence-corrected chi connectivity index (χ3v) is 2.50. The molecule has 1 aromatic carbocycles. The summed E-state index contributed by atoms with van der Waals surface area (Å²) in [5.74, 6) is 0. The van der Waals surface area contributed by atoms with Crippen molar-refractivity contribution in [3.63, 3.8) is 0 Å². The summed E-state index contributed by atoms with van der Waals surface area (Å²) >= 11 is 3.46. The number of nitrogen functional groups attached to an aromatic ring is 1. The predicted octanol–water partition coefficient (Wildman–Crippen LogP) is 4.07. The van der Waals surface area contributed by atoms with Crippen LogP contribution in [-0.2, 0) is 12.8 Å². The summed E-state index contributed by atoms with van der Waals surface area (Å²) in [6, 6.07) is 4.06. The van der Waals surface area contributed by atoms with Crippen LogP contribution in [0.4, 0.5) is 5.69 Å². The molecule has 1 rings (SSSR count). The largest absolute Gasteiger partial charge is 0.398 e. The normalized spacial score (nSPS) is 9.13.